The fourth-order valence-electron chi connectivity index (χ4n) is 3.62. The van der Waals surface area contributed by atoms with Crippen LogP contribution in [0.3, 0.4) is 0 Å². The highest BCUT2D eigenvalue weighted by Crippen LogP contribution is 2.16. The molecule has 150 valence electrons. The van der Waals surface area contributed by atoms with Gasteiger partial charge in [0.05, 0.1) is 0 Å². The van der Waals surface area contributed by atoms with Crippen LogP contribution in [0.15, 0.2) is 48.1 Å². The van der Waals surface area contributed by atoms with Crippen molar-refractivity contribution < 1.29 is 9.59 Å². The molecule has 1 fully saturated rings. The van der Waals surface area contributed by atoms with Crippen LogP contribution < -0.4 is 5.32 Å². The smallest absolute Gasteiger partial charge is 0.321 e. The molecule has 5 heteroatoms. The Balaban J connectivity index is 1.52. The Bertz CT molecular complexity index is 737. The first kappa shape index (κ1) is 20.2. The number of carbonyl (C=O) groups is 2. The van der Waals surface area contributed by atoms with Crippen molar-refractivity contribution in [3.63, 3.8) is 0 Å². The first-order chi connectivity index (χ1) is 13.7. The van der Waals surface area contributed by atoms with Gasteiger partial charge in [0.2, 0.25) is 0 Å². The number of aryl methyl sites for hydroxylation is 1. The van der Waals surface area contributed by atoms with Crippen LogP contribution in [0.25, 0.3) is 0 Å². The highest BCUT2D eigenvalue weighted by Gasteiger charge is 2.23. The largest absolute Gasteiger partial charge is 0.337 e. The zero-order valence-corrected chi connectivity index (χ0v) is 16.8. The molecule has 1 aliphatic heterocycles. The van der Waals surface area contributed by atoms with Crippen LogP contribution in [-0.2, 0) is 11.2 Å². The van der Waals surface area contributed by atoms with E-state index in [4.69, 9.17) is 0 Å². The molecule has 0 aromatic heterocycles. The second-order valence-corrected chi connectivity index (χ2v) is 7.50. The second kappa shape index (κ2) is 10.1. The number of hydrogen-bond acceptors (Lipinski definition) is 2. The number of nitrogens with one attached hydrogen (secondary N) is 1. The van der Waals surface area contributed by atoms with E-state index in [0.717, 1.165) is 36.9 Å². The molecule has 2 aliphatic rings. The Hall–Kier alpha value is -2.56. The summed E-state index contributed by atoms with van der Waals surface area (Å²) in [5.74, 6) is 0.0841. The Morgan fingerprint density at radius 2 is 1.75 bits per heavy atom. The zero-order chi connectivity index (χ0) is 19.8. The number of unbranched alkanes of at least 4 members (excludes halogenated alkanes) is 1. The topological polar surface area (TPSA) is 52.7 Å². The van der Waals surface area contributed by atoms with E-state index in [1.165, 1.54) is 18.4 Å². The van der Waals surface area contributed by atoms with Crippen LogP contribution in [0.4, 0.5) is 10.5 Å². The van der Waals surface area contributed by atoms with Gasteiger partial charge in [-0.15, -0.1) is 0 Å². The van der Waals surface area contributed by atoms with Crippen LogP contribution in [0.1, 0.15) is 44.6 Å². The minimum absolute atomic E-state index is 0.0841. The van der Waals surface area contributed by atoms with E-state index in [0.29, 0.717) is 26.2 Å². The lowest BCUT2D eigenvalue weighted by Crippen LogP contribution is -2.39. The fraction of sp³-hybridized carbons (Fsp3) is 0.478. The standard InChI is InChI=1S/C23H31N3O2/c1-2-3-8-19-11-13-21(14-12-19)24-23(28)26-16-7-15-25(17-18-26)22(27)20-9-5-4-6-10-20/h5,9-14H,2-4,6-8,15-18H2,1H3,(H,24,28). The monoisotopic (exact) mass is 381 g/mol. The van der Waals surface area contributed by atoms with E-state index in [9.17, 15) is 9.59 Å². The van der Waals surface area contributed by atoms with Gasteiger partial charge in [-0.2, -0.15) is 0 Å². The number of benzene rings is 1. The van der Waals surface area contributed by atoms with Gasteiger partial charge < -0.3 is 15.1 Å². The lowest BCUT2D eigenvalue weighted by molar-refractivity contribution is -0.126. The highest BCUT2D eigenvalue weighted by atomic mass is 16.2. The third-order valence-electron chi connectivity index (χ3n) is 5.34. The van der Waals surface area contributed by atoms with E-state index >= 15 is 0 Å². The fourth-order valence-corrected chi connectivity index (χ4v) is 3.62. The van der Waals surface area contributed by atoms with Gasteiger partial charge in [0, 0.05) is 37.4 Å². The van der Waals surface area contributed by atoms with Crippen LogP contribution in [-0.4, -0.2) is 47.9 Å². The molecule has 1 saturated heterocycles. The molecule has 0 atom stereocenters. The first-order valence-electron chi connectivity index (χ1n) is 10.5. The van der Waals surface area contributed by atoms with Crippen LogP contribution in [0.2, 0.25) is 0 Å². The Morgan fingerprint density at radius 3 is 2.46 bits per heavy atom. The van der Waals surface area contributed by atoms with Crippen LogP contribution in [0, 0.1) is 0 Å². The molecule has 3 amide bonds. The molecule has 0 spiro atoms. The first-order valence-corrected chi connectivity index (χ1v) is 10.5. The van der Waals surface area contributed by atoms with E-state index in [2.05, 4.69) is 30.4 Å². The molecule has 1 N–H and O–H groups in total. The van der Waals surface area contributed by atoms with Crippen molar-refractivity contribution in [2.24, 2.45) is 0 Å². The number of allylic oxidation sites excluding steroid dienone is 2. The van der Waals surface area contributed by atoms with Crippen molar-refractivity contribution >= 4 is 17.6 Å². The Labute approximate surface area is 168 Å². The summed E-state index contributed by atoms with van der Waals surface area (Å²) >= 11 is 0. The number of nitrogens with zero attached hydrogens (tertiary/aromatic N) is 2. The highest BCUT2D eigenvalue weighted by molar-refractivity contribution is 5.96. The van der Waals surface area contributed by atoms with Crippen molar-refractivity contribution in [3.8, 4) is 0 Å². The Kier molecular flexibility index (Phi) is 7.29. The maximum atomic E-state index is 12.7. The van der Waals surface area contributed by atoms with Gasteiger partial charge >= 0.3 is 6.03 Å². The van der Waals surface area contributed by atoms with E-state index in [-0.39, 0.29) is 11.9 Å². The van der Waals surface area contributed by atoms with Crippen molar-refractivity contribution in [1.29, 1.82) is 0 Å². The van der Waals surface area contributed by atoms with E-state index in [1.807, 2.05) is 34.1 Å². The summed E-state index contributed by atoms with van der Waals surface area (Å²) in [6.07, 6.45) is 12.2. The molecular formula is C23H31N3O2. The summed E-state index contributed by atoms with van der Waals surface area (Å²) in [6.45, 7) is 4.68. The van der Waals surface area contributed by atoms with Gasteiger partial charge in [-0.05, 0) is 49.8 Å². The lowest BCUT2D eigenvalue weighted by atomic mass is 10.1. The van der Waals surface area contributed by atoms with Gasteiger partial charge in [-0.1, -0.05) is 43.7 Å². The van der Waals surface area contributed by atoms with Crippen LogP contribution >= 0.6 is 0 Å². The molecule has 3 rings (SSSR count). The van der Waals surface area contributed by atoms with Crippen molar-refractivity contribution in [1.82, 2.24) is 9.80 Å². The van der Waals surface area contributed by atoms with Crippen LogP contribution in [0.5, 0.6) is 0 Å². The molecule has 0 bridgehead atoms. The van der Waals surface area contributed by atoms with Crippen molar-refractivity contribution in [3.05, 3.63) is 53.6 Å². The predicted molar refractivity (Wildman–Crippen MR) is 113 cm³/mol. The molecule has 28 heavy (non-hydrogen) atoms. The Morgan fingerprint density at radius 1 is 1.00 bits per heavy atom. The predicted octanol–water partition coefficient (Wildman–Crippen LogP) is 4.37. The SMILES string of the molecule is CCCCc1ccc(NC(=O)N2CCCN(C(=O)C3=CCCC=C3)CC2)cc1. The van der Waals surface area contributed by atoms with Gasteiger partial charge in [0.25, 0.3) is 5.91 Å². The molecule has 1 aliphatic carbocycles. The number of amides is 3. The van der Waals surface area contributed by atoms with Gasteiger partial charge in [0.1, 0.15) is 0 Å². The molecule has 1 aromatic carbocycles. The van der Waals surface area contributed by atoms with Crippen molar-refractivity contribution in [2.75, 3.05) is 31.5 Å². The van der Waals surface area contributed by atoms with Gasteiger partial charge in [-0.25, -0.2) is 4.79 Å². The van der Waals surface area contributed by atoms with E-state index < -0.39 is 0 Å². The molecule has 0 saturated carbocycles. The molecule has 5 nitrogen and oxygen atoms in total. The molecule has 1 heterocycles. The summed E-state index contributed by atoms with van der Waals surface area (Å²) in [4.78, 5) is 29.0. The zero-order valence-electron chi connectivity index (χ0n) is 16.8. The average Bonchev–Trinajstić information content (AvgIpc) is 3.00. The van der Waals surface area contributed by atoms with E-state index in [1.54, 1.807) is 0 Å². The number of urea groups is 1. The quantitative estimate of drug-likeness (QED) is 0.823. The summed E-state index contributed by atoms with van der Waals surface area (Å²) in [5, 5.41) is 2.99. The minimum atomic E-state index is -0.0904. The number of carbonyl (C=O) groups excluding carboxylic acids is 2. The molecular weight excluding hydrogens is 350 g/mol. The summed E-state index contributed by atoms with van der Waals surface area (Å²) in [7, 11) is 0. The molecule has 0 unspecified atom stereocenters. The second-order valence-electron chi connectivity index (χ2n) is 7.50. The summed E-state index contributed by atoms with van der Waals surface area (Å²) in [5.41, 5.74) is 2.90. The van der Waals surface area contributed by atoms with Gasteiger partial charge in [0.15, 0.2) is 0 Å². The average molecular weight is 382 g/mol. The van der Waals surface area contributed by atoms with Gasteiger partial charge in [-0.3, -0.25) is 4.79 Å². The normalized spacial score (nSPS) is 17.1. The molecule has 0 radical (unpaired) electrons. The molecule has 1 aromatic rings. The minimum Gasteiger partial charge on any atom is -0.337 e. The summed E-state index contributed by atoms with van der Waals surface area (Å²) in [6, 6.07) is 8.02. The number of hydrogen-bond donors (Lipinski definition) is 1. The third kappa shape index (κ3) is 5.47. The lowest BCUT2D eigenvalue weighted by Gasteiger charge is -2.23. The number of anilines is 1. The summed E-state index contributed by atoms with van der Waals surface area (Å²) < 4.78 is 0. The van der Waals surface area contributed by atoms with Crippen molar-refractivity contribution in [2.45, 2.75) is 45.4 Å². The third-order valence-corrected chi connectivity index (χ3v) is 5.34. The maximum Gasteiger partial charge on any atom is 0.321 e. The maximum absolute atomic E-state index is 12.7. The number of rotatable bonds is 5.